The highest BCUT2D eigenvalue weighted by atomic mass is 16.2. The lowest BCUT2D eigenvalue weighted by molar-refractivity contribution is -0.143. The molecule has 1 unspecified atom stereocenters. The second-order valence-corrected chi connectivity index (χ2v) is 8.86. The molecule has 2 aliphatic heterocycles. The van der Waals surface area contributed by atoms with Crippen LogP contribution in [0.4, 0.5) is 0 Å². The maximum absolute atomic E-state index is 12.7. The van der Waals surface area contributed by atoms with Crippen molar-refractivity contribution >= 4 is 11.8 Å². The molecule has 2 amide bonds. The Balaban J connectivity index is 1.81. The number of nitrogens with one attached hydrogen (secondary N) is 1. The zero-order valence-corrected chi connectivity index (χ0v) is 16.4. The van der Waals surface area contributed by atoms with Crippen LogP contribution in [0.25, 0.3) is 0 Å². The van der Waals surface area contributed by atoms with Crippen molar-refractivity contribution in [2.75, 3.05) is 32.7 Å². The van der Waals surface area contributed by atoms with Crippen LogP contribution in [-0.4, -0.2) is 60.4 Å². The summed E-state index contributed by atoms with van der Waals surface area (Å²) in [5, 5.41) is 3.23. The zero-order chi connectivity index (χ0) is 18.6. The first-order valence-electron chi connectivity index (χ1n) is 9.63. The first-order chi connectivity index (χ1) is 11.7. The number of piperidine rings is 2. The van der Waals surface area contributed by atoms with E-state index in [0.717, 1.165) is 51.9 Å². The number of likely N-dealkylation sites (tertiary alicyclic amines) is 2. The highest BCUT2D eigenvalue weighted by Crippen LogP contribution is 2.24. The molecule has 5 nitrogen and oxygen atoms in total. The van der Waals surface area contributed by atoms with Crippen LogP contribution >= 0.6 is 0 Å². The van der Waals surface area contributed by atoms with Gasteiger partial charge in [0.25, 0.3) is 0 Å². The van der Waals surface area contributed by atoms with Crippen molar-refractivity contribution in [3.8, 4) is 0 Å². The summed E-state index contributed by atoms with van der Waals surface area (Å²) in [6, 6.07) is 0.266. The minimum absolute atomic E-state index is 0.0616. The lowest BCUT2D eigenvalue weighted by Crippen LogP contribution is -2.51. The Morgan fingerprint density at radius 3 is 2.32 bits per heavy atom. The molecule has 2 rings (SSSR count). The van der Waals surface area contributed by atoms with E-state index in [4.69, 9.17) is 0 Å². The summed E-state index contributed by atoms with van der Waals surface area (Å²) in [7, 11) is 0. The van der Waals surface area contributed by atoms with E-state index in [1.807, 2.05) is 25.7 Å². The van der Waals surface area contributed by atoms with Crippen LogP contribution in [0.1, 0.15) is 53.4 Å². The summed E-state index contributed by atoms with van der Waals surface area (Å²) in [6.07, 6.45) is 3.79. The third kappa shape index (κ3) is 5.84. The minimum Gasteiger partial charge on any atom is -0.353 e. The Morgan fingerprint density at radius 2 is 1.76 bits per heavy atom. The number of hydrogen-bond acceptors (Lipinski definition) is 3. The molecule has 2 heterocycles. The number of hydrogen-bond donors (Lipinski definition) is 1. The predicted octanol–water partition coefficient (Wildman–Crippen LogP) is 2.43. The number of amides is 2. The molecule has 2 fully saturated rings. The highest BCUT2D eigenvalue weighted by molar-refractivity contribution is 5.84. The van der Waals surface area contributed by atoms with Crippen molar-refractivity contribution in [2.45, 2.75) is 59.4 Å². The van der Waals surface area contributed by atoms with E-state index in [1.54, 1.807) is 0 Å². The quantitative estimate of drug-likeness (QED) is 0.793. The molecule has 2 saturated heterocycles. The number of carbonyl (C=O) groups excluding carboxylic acids is 2. The van der Waals surface area contributed by atoms with E-state index in [-0.39, 0.29) is 29.2 Å². The van der Waals surface area contributed by atoms with Gasteiger partial charge in [-0.05, 0) is 32.6 Å². The lowest BCUT2D eigenvalue weighted by Gasteiger charge is -2.37. The van der Waals surface area contributed by atoms with Gasteiger partial charge in [-0.15, -0.1) is 0 Å². The maximum Gasteiger partial charge on any atom is 0.227 e. The molecule has 0 aliphatic carbocycles. The fraction of sp³-hybridized carbons (Fsp3) is 0.800. The van der Waals surface area contributed by atoms with Gasteiger partial charge in [-0.3, -0.25) is 14.5 Å². The molecular weight excluding hydrogens is 314 g/mol. The van der Waals surface area contributed by atoms with Gasteiger partial charge >= 0.3 is 0 Å². The van der Waals surface area contributed by atoms with Gasteiger partial charge in [0.05, 0.1) is 5.92 Å². The van der Waals surface area contributed by atoms with Crippen molar-refractivity contribution in [3.63, 3.8) is 0 Å². The topological polar surface area (TPSA) is 52.7 Å². The van der Waals surface area contributed by atoms with Gasteiger partial charge in [0.2, 0.25) is 11.8 Å². The SMILES string of the molecule is C=C(C)CN1CCC(NC(=O)C2CCCN(C(=O)C(C)(C)C)C2)CC1. The number of carbonyl (C=O) groups is 2. The number of rotatable bonds is 4. The Morgan fingerprint density at radius 1 is 1.12 bits per heavy atom. The average Bonchev–Trinajstić information content (AvgIpc) is 2.54. The molecular formula is C20H35N3O2. The molecule has 0 saturated carbocycles. The second kappa shape index (κ2) is 8.35. The minimum atomic E-state index is -0.380. The number of nitrogens with zero attached hydrogens (tertiary/aromatic N) is 2. The van der Waals surface area contributed by atoms with Gasteiger partial charge < -0.3 is 10.2 Å². The van der Waals surface area contributed by atoms with Gasteiger partial charge in [-0.2, -0.15) is 0 Å². The maximum atomic E-state index is 12.7. The van der Waals surface area contributed by atoms with Gasteiger partial charge in [-0.1, -0.05) is 32.9 Å². The monoisotopic (exact) mass is 349 g/mol. The molecule has 0 radical (unpaired) electrons. The highest BCUT2D eigenvalue weighted by Gasteiger charge is 2.34. The average molecular weight is 350 g/mol. The van der Waals surface area contributed by atoms with Gasteiger partial charge in [0.1, 0.15) is 0 Å². The molecule has 0 spiro atoms. The van der Waals surface area contributed by atoms with Crippen LogP contribution in [0, 0.1) is 11.3 Å². The molecule has 0 bridgehead atoms. The second-order valence-electron chi connectivity index (χ2n) is 8.86. The first kappa shape index (κ1) is 20.0. The van der Waals surface area contributed by atoms with Crippen LogP contribution < -0.4 is 5.32 Å². The normalized spacial score (nSPS) is 23.4. The third-order valence-electron chi connectivity index (χ3n) is 5.15. The summed E-state index contributed by atoms with van der Waals surface area (Å²) in [5.41, 5.74) is 0.808. The van der Waals surface area contributed by atoms with E-state index < -0.39 is 0 Å². The predicted molar refractivity (Wildman–Crippen MR) is 101 cm³/mol. The Kier molecular flexibility index (Phi) is 6.66. The summed E-state index contributed by atoms with van der Waals surface area (Å²) >= 11 is 0. The molecule has 5 heteroatoms. The van der Waals surface area contributed by atoms with Crippen molar-refractivity contribution < 1.29 is 9.59 Å². The van der Waals surface area contributed by atoms with Crippen LogP contribution in [0.2, 0.25) is 0 Å². The largest absolute Gasteiger partial charge is 0.353 e. The Hall–Kier alpha value is -1.36. The van der Waals surface area contributed by atoms with Crippen LogP contribution in [0.5, 0.6) is 0 Å². The molecule has 0 aromatic heterocycles. The van der Waals surface area contributed by atoms with Crippen molar-refractivity contribution in [1.82, 2.24) is 15.1 Å². The summed E-state index contributed by atoms with van der Waals surface area (Å²) < 4.78 is 0. The summed E-state index contributed by atoms with van der Waals surface area (Å²) in [5.74, 6) is 0.219. The standard InChI is InChI=1S/C20H35N3O2/c1-15(2)13-22-11-8-17(9-12-22)21-18(24)16-7-6-10-23(14-16)19(25)20(3,4)5/h16-17H,1,6-14H2,2-5H3,(H,21,24). The van der Waals surface area contributed by atoms with E-state index >= 15 is 0 Å². The molecule has 0 aromatic carbocycles. The van der Waals surface area contributed by atoms with Crippen LogP contribution in [0.3, 0.4) is 0 Å². The van der Waals surface area contributed by atoms with E-state index in [9.17, 15) is 9.59 Å². The molecule has 0 aromatic rings. The van der Waals surface area contributed by atoms with E-state index in [1.165, 1.54) is 5.57 Å². The van der Waals surface area contributed by atoms with E-state index in [0.29, 0.717) is 6.54 Å². The first-order valence-corrected chi connectivity index (χ1v) is 9.63. The fourth-order valence-corrected chi connectivity index (χ4v) is 3.79. The van der Waals surface area contributed by atoms with Crippen molar-refractivity contribution in [1.29, 1.82) is 0 Å². The van der Waals surface area contributed by atoms with Crippen LogP contribution in [-0.2, 0) is 9.59 Å². The Labute approximate surface area is 152 Å². The van der Waals surface area contributed by atoms with Gasteiger partial charge in [0, 0.05) is 44.2 Å². The van der Waals surface area contributed by atoms with Gasteiger partial charge in [0.15, 0.2) is 0 Å². The summed E-state index contributed by atoms with van der Waals surface area (Å²) in [4.78, 5) is 29.4. The van der Waals surface area contributed by atoms with Crippen molar-refractivity contribution in [2.24, 2.45) is 11.3 Å². The molecule has 1 atom stereocenters. The lowest BCUT2D eigenvalue weighted by atomic mass is 9.90. The summed E-state index contributed by atoms with van der Waals surface area (Å²) in [6.45, 7) is 16.2. The molecule has 2 aliphatic rings. The zero-order valence-electron chi connectivity index (χ0n) is 16.4. The molecule has 25 heavy (non-hydrogen) atoms. The van der Waals surface area contributed by atoms with Crippen LogP contribution in [0.15, 0.2) is 12.2 Å². The Bertz CT molecular complexity index is 502. The molecule has 1 N–H and O–H groups in total. The molecule has 142 valence electrons. The fourth-order valence-electron chi connectivity index (χ4n) is 3.79. The van der Waals surface area contributed by atoms with Gasteiger partial charge in [-0.25, -0.2) is 0 Å². The van der Waals surface area contributed by atoms with E-state index in [2.05, 4.69) is 23.7 Å². The third-order valence-corrected chi connectivity index (χ3v) is 5.15. The smallest absolute Gasteiger partial charge is 0.227 e. The van der Waals surface area contributed by atoms with Crippen molar-refractivity contribution in [3.05, 3.63) is 12.2 Å².